The third kappa shape index (κ3) is 6.61. The van der Waals surface area contributed by atoms with Crippen molar-refractivity contribution in [1.82, 2.24) is 4.90 Å². The Morgan fingerprint density at radius 3 is 2.39 bits per heavy atom. The first-order valence-corrected chi connectivity index (χ1v) is 16.3. The number of ether oxygens (including phenoxy) is 6. The molecule has 4 saturated heterocycles. The summed E-state index contributed by atoms with van der Waals surface area (Å²) >= 11 is 0. The smallest absolute Gasteiger partial charge is 0.311 e. The molecule has 0 saturated carbocycles. The molecule has 14 atom stereocenters. The number of cyclic esters (lactones) is 1. The van der Waals surface area contributed by atoms with Crippen LogP contribution in [0.25, 0.3) is 0 Å². The molecule has 0 aromatic rings. The van der Waals surface area contributed by atoms with Crippen LogP contribution in [0.3, 0.4) is 0 Å². The SMILES string of the molecule is C=C1CO[C@H]2[C@@H](C)[C@@H](O[C@@H]3O[C@H](C)C[C@H](N(C)C)[C@H]3O)[C@@](C)(C[C@@H](C)C3OC(C)(/C(=N/O)C3C)[C@@H](CC)OC(=O)[C@@H]2C)OC1. The van der Waals surface area contributed by atoms with Crippen LogP contribution in [0.1, 0.15) is 74.7 Å². The minimum atomic E-state index is -1.11. The Morgan fingerprint density at radius 2 is 1.77 bits per heavy atom. The summed E-state index contributed by atoms with van der Waals surface area (Å²) in [6.07, 6.45) is -2.67. The second-order valence-electron chi connectivity index (χ2n) is 14.4. The highest BCUT2D eigenvalue weighted by Crippen LogP contribution is 2.46. The fourth-order valence-corrected chi connectivity index (χ4v) is 8.14. The summed E-state index contributed by atoms with van der Waals surface area (Å²) in [6, 6.07) is -0.163. The molecule has 44 heavy (non-hydrogen) atoms. The topological polar surface area (TPSA) is 129 Å². The van der Waals surface area contributed by atoms with Crippen molar-refractivity contribution in [3.8, 4) is 0 Å². The molecule has 0 aromatic carbocycles. The molecular weight excluding hydrogens is 568 g/mol. The van der Waals surface area contributed by atoms with E-state index in [1.807, 2.05) is 60.5 Å². The first kappa shape index (κ1) is 35.3. The maximum atomic E-state index is 13.9. The number of carbonyl (C=O) groups excluding carboxylic acids is 1. The standard InChI is InChI=1S/C33H56N2O9/c1-12-24-33(9)28(34-38)20(5)26(44-33)18(3)14-32(8)29(43-31-25(36)23(35(10)11)13-19(4)41-31)21(6)27(22(7)30(37)42-24)39-15-17(2)16-40-32/h18-27,29,31,36,38H,2,12-16H2,1,3-11H3/b34-28+/t18-,19-,20?,21-,22-,23+,24-,25-,26?,27+,29-,31+,32-,33?/m1/s1. The third-order valence-electron chi connectivity index (χ3n) is 10.6. The molecular formula is C33H56N2O9. The van der Waals surface area contributed by atoms with Gasteiger partial charge in [0.25, 0.3) is 0 Å². The Balaban J connectivity index is 1.84. The zero-order valence-corrected chi connectivity index (χ0v) is 28.3. The van der Waals surface area contributed by atoms with Crippen molar-refractivity contribution in [2.24, 2.45) is 28.8 Å². The summed E-state index contributed by atoms with van der Waals surface area (Å²) in [5.41, 5.74) is -0.853. The van der Waals surface area contributed by atoms with Crippen molar-refractivity contribution in [2.45, 2.75) is 135 Å². The molecule has 3 unspecified atom stereocenters. The fraction of sp³-hybridized carbons (Fsp3) is 0.879. The van der Waals surface area contributed by atoms with Gasteiger partial charge in [0.1, 0.15) is 17.8 Å². The van der Waals surface area contributed by atoms with E-state index in [9.17, 15) is 15.1 Å². The molecule has 4 fully saturated rings. The van der Waals surface area contributed by atoms with Gasteiger partial charge in [-0.05, 0) is 72.5 Å². The predicted octanol–water partition coefficient (Wildman–Crippen LogP) is 3.79. The van der Waals surface area contributed by atoms with Gasteiger partial charge in [0.05, 0.1) is 54.9 Å². The Labute approximate surface area is 263 Å². The Hall–Kier alpha value is -1.60. The number of likely N-dealkylation sites (N-methyl/N-ethyl adjacent to an activating group) is 1. The third-order valence-corrected chi connectivity index (χ3v) is 10.6. The molecule has 0 aromatic heterocycles. The number of aliphatic hydroxyl groups excluding tert-OH is 1. The van der Waals surface area contributed by atoms with Gasteiger partial charge < -0.3 is 43.6 Å². The minimum Gasteiger partial charge on any atom is -0.459 e. The van der Waals surface area contributed by atoms with Crippen molar-refractivity contribution in [3.63, 3.8) is 0 Å². The number of carbonyl (C=O) groups is 1. The van der Waals surface area contributed by atoms with Gasteiger partial charge in [-0.3, -0.25) is 4.79 Å². The molecule has 4 bridgehead atoms. The maximum Gasteiger partial charge on any atom is 0.311 e. The monoisotopic (exact) mass is 624 g/mol. The lowest BCUT2D eigenvalue weighted by atomic mass is 9.75. The number of hydrogen-bond donors (Lipinski definition) is 2. The van der Waals surface area contributed by atoms with E-state index in [0.29, 0.717) is 25.0 Å². The van der Waals surface area contributed by atoms with Crippen molar-refractivity contribution >= 4 is 11.7 Å². The number of aliphatic hydroxyl groups is 1. The zero-order chi connectivity index (χ0) is 32.7. The van der Waals surface area contributed by atoms with Gasteiger partial charge in [-0.25, -0.2) is 0 Å². The second kappa shape index (κ2) is 13.6. The summed E-state index contributed by atoms with van der Waals surface area (Å²) in [4.78, 5) is 15.9. The van der Waals surface area contributed by atoms with E-state index >= 15 is 0 Å². The van der Waals surface area contributed by atoms with E-state index < -0.39 is 53.8 Å². The average molecular weight is 625 g/mol. The highest BCUT2D eigenvalue weighted by molar-refractivity contribution is 5.96. The van der Waals surface area contributed by atoms with Crippen molar-refractivity contribution in [3.05, 3.63) is 12.2 Å². The first-order valence-electron chi connectivity index (χ1n) is 16.3. The van der Waals surface area contributed by atoms with Crippen LogP contribution in [0.5, 0.6) is 0 Å². The van der Waals surface area contributed by atoms with Gasteiger partial charge in [-0.2, -0.15) is 0 Å². The van der Waals surface area contributed by atoms with Crippen molar-refractivity contribution in [2.75, 3.05) is 27.3 Å². The van der Waals surface area contributed by atoms with Crippen LogP contribution in [-0.4, -0.2) is 114 Å². The lowest BCUT2D eigenvalue weighted by molar-refractivity contribution is -0.303. The van der Waals surface area contributed by atoms with E-state index in [2.05, 4.69) is 18.7 Å². The lowest BCUT2D eigenvalue weighted by Gasteiger charge is -2.48. The summed E-state index contributed by atoms with van der Waals surface area (Å²) in [5.74, 6) is -1.87. The normalized spacial score (nSPS) is 48.6. The van der Waals surface area contributed by atoms with E-state index in [1.54, 1.807) is 6.92 Å². The predicted molar refractivity (Wildman–Crippen MR) is 164 cm³/mol. The molecule has 11 nitrogen and oxygen atoms in total. The molecule has 4 heterocycles. The van der Waals surface area contributed by atoms with Crippen LogP contribution < -0.4 is 0 Å². The maximum absolute atomic E-state index is 13.9. The molecule has 0 radical (unpaired) electrons. The molecule has 4 aliphatic rings. The quantitative estimate of drug-likeness (QED) is 0.206. The van der Waals surface area contributed by atoms with Crippen LogP contribution in [0.4, 0.5) is 0 Å². The van der Waals surface area contributed by atoms with Gasteiger partial charge >= 0.3 is 5.97 Å². The minimum absolute atomic E-state index is 0.0997. The average Bonchev–Trinajstić information content (AvgIpc) is 3.24. The summed E-state index contributed by atoms with van der Waals surface area (Å²) in [6.45, 7) is 20.3. The number of oxime groups is 1. The van der Waals surface area contributed by atoms with Crippen LogP contribution >= 0.6 is 0 Å². The second-order valence-corrected chi connectivity index (χ2v) is 14.4. The summed E-state index contributed by atoms with van der Waals surface area (Å²) < 4.78 is 39.2. The molecule has 0 spiro atoms. The van der Waals surface area contributed by atoms with E-state index in [0.717, 1.165) is 5.57 Å². The van der Waals surface area contributed by atoms with Crippen LogP contribution in [-0.2, 0) is 33.2 Å². The molecule has 11 heteroatoms. The number of esters is 1. The van der Waals surface area contributed by atoms with E-state index in [4.69, 9.17) is 28.4 Å². The Kier molecular flexibility index (Phi) is 10.9. The van der Waals surface area contributed by atoms with Gasteiger partial charge in [0.15, 0.2) is 6.29 Å². The lowest BCUT2D eigenvalue weighted by Crippen LogP contribution is -2.59. The fourth-order valence-electron chi connectivity index (χ4n) is 8.14. The van der Waals surface area contributed by atoms with Gasteiger partial charge in [-0.1, -0.05) is 39.4 Å². The zero-order valence-electron chi connectivity index (χ0n) is 28.3. The highest BCUT2D eigenvalue weighted by Gasteiger charge is 2.58. The summed E-state index contributed by atoms with van der Waals surface area (Å²) in [7, 11) is 3.88. The van der Waals surface area contributed by atoms with Gasteiger partial charge in [0.2, 0.25) is 0 Å². The molecule has 2 N–H and O–H groups in total. The van der Waals surface area contributed by atoms with Crippen molar-refractivity contribution < 1.29 is 43.5 Å². The number of fused-ring (bicyclic) bond motifs is 5. The highest BCUT2D eigenvalue weighted by atomic mass is 16.7. The van der Waals surface area contributed by atoms with Crippen LogP contribution in [0.2, 0.25) is 0 Å². The number of rotatable bonds is 4. The van der Waals surface area contributed by atoms with Crippen molar-refractivity contribution in [1.29, 1.82) is 0 Å². The largest absolute Gasteiger partial charge is 0.459 e. The number of hydrogen-bond acceptors (Lipinski definition) is 11. The number of nitrogens with zero attached hydrogens (tertiary/aromatic N) is 2. The molecule has 252 valence electrons. The molecule has 4 aliphatic heterocycles. The van der Waals surface area contributed by atoms with Crippen LogP contribution in [0, 0.1) is 23.7 Å². The van der Waals surface area contributed by atoms with E-state index in [1.165, 1.54) is 0 Å². The molecule has 0 aliphatic carbocycles. The Bertz CT molecular complexity index is 1070. The van der Waals surface area contributed by atoms with Gasteiger partial charge in [0, 0.05) is 17.9 Å². The first-order chi connectivity index (χ1) is 20.6. The molecule has 4 rings (SSSR count). The van der Waals surface area contributed by atoms with Gasteiger partial charge in [-0.15, -0.1) is 0 Å². The molecule has 0 amide bonds. The summed E-state index contributed by atoms with van der Waals surface area (Å²) in [5, 5.41) is 25.3. The van der Waals surface area contributed by atoms with E-state index in [-0.39, 0.29) is 49.2 Å². The van der Waals surface area contributed by atoms with Crippen LogP contribution in [0.15, 0.2) is 17.3 Å². The Morgan fingerprint density at radius 1 is 1.09 bits per heavy atom.